The third-order valence-electron chi connectivity index (χ3n) is 6.99. The second-order valence-corrected chi connectivity index (χ2v) is 10.3. The van der Waals surface area contributed by atoms with Crippen LogP contribution in [0.25, 0.3) is 0 Å². The van der Waals surface area contributed by atoms with E-state index >= 15 is 0 Å². The van der Waals surface area contributed by atoms with Crippen LogP contribution in [0.5, 0.6) is 0 Å². The van der Waals surface area contributed by atoms with Crippen LogP contribution in [0.3, 0.4) is 0 Å². The monoisotopic (exact) mass is 577 g/mol. The van der Waals surface area contributed by atoms with Crippen LogP contribution < -0.4 is 10.6 Å². The van der Waals surface area contributed by atoms with Crippen LogP contribution in [0.1, 0.15) is 54.4 Å². The fourth-order valence-electron chi connectivity index (χ4n) is 4.67. The van der Waals surface area contributed by atoms with Crippen molar-refractivity contribution >= 4 is 58.5 Å². The molecule has 3 rings (SSSR count). The average Bonchev–Trinajstić information content (AvgIpc) is 3.16. The molecule has 208 valence electrons. The van der Waals surface area contributed by atoms with Gasteiger partial charge in [0.2, 0.25) is 11.8 Å². The molecule has 3 amide bonds. The van der Waals surface area contributed by atoms with Gasteiger partial charge in [0.1, 0.15) is 6.04 Å². The SMILES string of the molecule is CN1C(=O)CCC1(CCC(=O)O)CCC(=O)N[C@@H](Cc1ccc(NC(=O)c2c(Cl)cccc2Cl)cc1)C(=O)O. The first-order chi connectivity index (χ1) is 18.4. The van der Waals surface area contributed by atoms with Gasteiger partial charge in [-0.2, -0.15) is 0 Å². The van der Waals surface area contributed by atoms with Gasteiger partial charge in [-0.1, -0.05) is 41.4 Å². The lowest BCUT2D eigenvalue weighted by Gasteiger charge is -2.36. The van der Waals surface area contributed by atoms with Gasteiger partial charge >= 0.3 is 11.9 Å². The second kappa shape index (κ2) is 12.9. The number of nitrogens with one attached hydrogen (secondary N) is 2. The van der Waals surface area contributed by atoms with Crippen LogP contribution in [0.15, 0.2) is 42.5 Å². The summed E-state index contributed by atoms with van der Waals surface area (Å²) in [6, 6.07) is 9.96. The number of hydrogen-bond acceptors (Lipinski definition) is 5. The average molecular weight is 578 g/mol. The number of rotatable bonds is 12. The molecular formula is C27H29Cl2N3O7. The maximum atomic E-state index is 12.7. The van der Waals surface area contributed by atoms with Gasteiger partial charge in [0.25, 0.3) is 5.91 Å². The Morgan fingerprint density at radius 1 is 1.00 bits per heavy atom. The maximum Gasteiger partial charge on any atom is 0.326 e. The Labute approximate surface area is 235 Å². The summed E-state index contributed by atoms with van der Waals surface area (Å²) < 4.78 is 0. The van der Waals surface area contributed by atoms with Crippen LogP contribution >= 0.6 is 23.2 Å². The molecule has 1 heterocycles. The number of likely N-dealkylation sites (tertiary alicyclic amines) is 1. The number of amides is 3. The molecule has 2 atom stereocenters. The Kier molecular flexibility index (Phi) is 9.93. The zero-order chi connectivity index (χ0) is 28.7. The van der Waals surface area contributed by atoms with E-state index in [1.807, 2.05) is 0 Å². The standard InChI is InChI=1S/C27H29Cl2N3O7/c1-32-22(34)10-13-27(32,14-11-23(35)36)12-9-21(33)31-20(26(38)39)15-16-5-7-17(8-6-16)30-25(37)24-18(28)3-2-4-19(24)29/h2-8,20H,9-15H2,1H3,(H,30,37)(H,31,33)(H,35,36)(H,38,39)/t20-,27?/m0/s1. The molecule has 1 fully saturated rings. The topological polar surface area (TPSA) is 153 Å². The fourth-order valence-corrected chi connectivity index (χ4v) is 5.24. The van der Waals surface area contributed by atoms with Crippen molar-refractivity contribution in [3.05, 3.63) is 63.6 Å². The number of carbonyl (C=O) groups excluding carboxylic acids is 3. The molecule has 0 bridgehead atoms. The van der Waals surface area contributed by atoms with Crippen molar-refractivity contribution in [2.24, 2.45) is 0 Å². The molecule has 1 unspecified atom stereocenters. The molecule has 0 saturated carbocycles. The molecule has 10 nitrogen and oxygen atoms in total. The number of halogens is 2. The lowest BCUT2D eigenvalue weighted by atomic mass is 9.85. The van der Waals surface area contributed by atoms with Crippen molar-refractivity contribution in [2.75, 3.05) is 12.4 Å². The summed E-state index contributed by atoms with van der Waals surface area (Å²) in [7, 11) is 1.60. The molecule has 1 aliphatic heterocycles. The molecule has 2 aromatic rings. The third-order valence-corrected chi connectivity index (χ3v) is 7.62. The minimum absolute atomic E-state index is 0.00577. The Hall–Kier alpha value is -3.63. The van der Waals surface area contributed by atoms with Crippen LogP contribution in [0.2, 0.25) is 10.0 Å². The fraction of sp³-hybridized carbons (Fsp3) is 0.370. The van der Waals surface area contributed by atoms with Gasteiger partial charge in [-0.3, -0.25) is 19.2 Å². The Bertz CT molecular complexity index is 1250. The largest absolute Gasteiger partial charge is 0.481 e. The van der Waals surface area contributed by atoms with Crippen molar-refractivity contribution in [3.8, 4) is 0 Å². The smallest absolute Gasteiger partial charge is 0.326 e. The molecule has 0 aliphatic carbocycles. The summed E-state index contributed by atoms with van der Waals surface area (Å²) >= 11 is 12.2. The number of nitrogens with zero attached hydrogens (tertiary/aromatic N) is 1. The van der Waals surface area contributed by atoms with Crippen molar-refractivity contribution in [2.45, 2.75) is 56.5 Å². The first kappa shape index (κ1) is 29.9. The number of hydrogen-bond donors (Lipinski definition) is 4. The molecule has 4 N–H and O–H groups in total. The predicted octanol–water partition coefficient (Wildman–Crippen LogP) is 3.99. The Morgan fingerprint density at radius 2 is 1.62 bits per heavy atom. The van der Waals surface area contributed by atoms with E-state index in [1.54, 1.807) is 49.5 Å². The molecule has 1 aliphatic rings. The van der Waals surface area contributed by atoms with E-state index in [1.165, 1.54) is 4.90 Å². The quantitative estimate of drug-likeness (QED) is 0.297. The van der Waals surface area contributed by atoms with E-state index < -0.39 is 35.3 Å². The van der Waals surface area contributed by atoms with Gasteiger partial charge in [0, 0.05) is 44.0 Å². The van der Waals surface area contributed by atoms with Crippen LogP contribution in [-0.2, 0) is 25.6 Å². The summed E-state index contributed by atoms with van der Waals surface area (Å²) in [5.41, 5.74) is 0.435. The van der Waals surface area contributed by atoms with Gasteiger partial charge in [0.05, 0.1) is 15.6 Å². The van der Waals surface area contributed by atoms with Gasteiger partial charge in [-0.15, -0.1) is 0 Å². The first-order valence-electron chi connectivity index (χ1n) is 12.3. The highest BCUT2D eigenvalue weighted by molar-refractivity contribution is 6.40. The van der Waals surface area contributed by atoms with E-state index in [0.29, 0.717) is 17.7 Å². The number of carboxylic acids is 2. The summed E-state index contributed by atoms with van der Waals surface area (Å²) in [4.78, 5) is 61.8. The van der Waals surface area contributed by atoms with Crippen molar-refractivity contribution in [1.82, 2.24) is 10.2 Å². The number of aliphatic carboxylic acids is 2. The predicted molar refractivity (Wildman–Crippen MR) is 145 cm³/mol. The van der Waals surface area contributed by atoms with Crippen molar-refractivity contribution in [1.29, 1.82) is 0 Å². The minimum Gasteiger partial charge on any atom is -0.481 e. The van der Waals surface area contributed by atoms with Gasteiger partial charge in [-0.05, 0) is 49.1 Å². The molecule has 12 heteroatoms. The van der Waals surface area contributed by atoms with Crippen LogP contribution in [0.4, 0.5) is 5.69 Å². The molecule has 0 spiro atoms. The summed E-state index contributed by atoms with van der Waals surface area (Å²) in [5, 5.41) is 24.4. The van der Waals surface area contributed by atoms with Gasteiger partial charge < -0.3 is 25.7 Å². The first-order valence-corrected chi connectivity index (χ1v) is 13.0. The van der Waals surface area contributed by atoms with E-state index in [0.717, 1.165) is 0 Å². The number of carbonyl (C=O) groups is 5. The highest BCUT2D eigenvalue weighted by atomic mass is 35.5. The zero-order valence-electron chi connectivity index (χ0n) is 21.2. The molecule has 0 radical (unpaired) electrons. The lowest BCUT2D eigenvalue weighted by molar-refractivity contribution is -0.142. The summed E-state index contributed by atoms with van der Waals surface area (Å²) in [6.45, 7) is 0. The Morgan fingerprint density at radius 3 is 2.15 bits per heavy atom. The van der Waals surface area contributed by atoms with Gasteiger partial charge in [-0.25, -0.2) is 4.79 Å². The van der Waals surface area contributed by atoms with Crippen LogP contribution in [-0.4, -0.2) is 63.4 Å². The van der Waals surface area contributed by atoms with E-state index in [4.69, 9.17) is 28.3 Å². The molecule has 0 aromatic heterocycles. The lowest BCUT2D eigenvalue weighted by Crippen LogP contribution is -2.46. The molecule has 1 saturated heterocycles. The third kappa shape index (κ3) is 7.70. The summed E-state index contributed by atoms with van der Waals surface area (Å²) in [6.07, 6.45) is 0.953. The molecule has 2 aromatic carbocycles. The van der Waals surface area contributed by atoms with E-state index in [9.17, 15) is 29.1 Å². The minimum atomic E-state index is -1.22. The normalized spacial score (nSPS) is 17.5. The zero-order valence-corrected chi connectivity index (χ0v) is 22.7. The second-order valence-electron chi connectivity index (χ2n) is 9.48. The number of benzene rings is 2. The van der Waals surface area contributed by atoms with Gasteiger partial charge in [0.15, 0.2) is 0 Å². The van der Waals surface area contributed by atoms with Crippen molar-refractivity contribution < 1.29 is 34.2 Å². The number of anilines is 1. The molecule has 39 heavy (non-hydrogen) atoms. The number of carboxylic acid groups (broad SMARTS) is 2. The van der Waals surface area contributed by atoms with E-state index in [-0.39, 0.29) is 60.0 Å². The maximum absolute atomic E-state index is 12.7. The highest BCUT2D eigenvalue weighted by Crippen LogP contribution is 2.37. The highest BCUT2D eigenvalue weighted by Gasteiger charge is 2.43. The van der Waals surface area contributed by atoms with E-state index in [2.05, 4.69) is 10.6 Å². The summed E-state index contributed by atoms with van der Waals surface area (Å²) in [5.74, 6) is -3.33. The Balaban J connectivity index is 1.59. The molecular weight excluding hydrogens is 549 g/mol. The van der Waals surface area contributed by atoms with Crippen LogP contribution in [0, 0.1) is 0 Å². The van der Waals surface area contributed by atoms with Crippen molar-refractivity contribution in [3.63, 3.8) is 0 Å².